The number of amides is 1. The van der Waals surface area contributed by atoms with Crippen molar-refractivity contribution in [2.45, 2.75) is 81.7 Å². The molecular weight excluding hydrogens is 477 g/mol. The van der Waals surface area contributed by atoms with Crippen molar-refractivity contribution in [1.29, 1.82) is 0 Å². The van der Waals surface area contributed by atoms with Crippen molar-refractivity contribution in [1.82, 2.24) is 29.9 Å². The molecule has 3 N–H and O–H groups in total. The van der Waals surface area contributed by atoms with E-state index in [1.807, 2.05) is 22.7 Å². The lowest BCUT2D eigenvalue weighted by Gasteiger charge is -2.52. The molecule has 10 nitrogen and oxygen atoms in total. The number of hydrogen-bond donors (Lipinski definition) is 3. The van der Waals surface area contributed by atoms with E-state index in [9.17, 15) is 4.79 Å². The fourth-order valence-corrected chi connectivity index (χ4v) is 6.24. The van der Waals surface area contributed by atoms with Crippen molar-refractivity contribution < 1.29 is 18.7 Å². The van der Waals surface area contributed by atoms with E-state index in [4.69, 9.17) is 14.5 Å². The fraction of sp³-hybridized carbons (Fsp3) is 0.615. The minimum absolute atomic E-state index is 0.197. The highest BCUT2D eigenvalue weighted by atomic mass is 19.1. The van der Waals surface area contributed by atoms with Crippen LogP contribution in [0.4, 0.5) is 21.0 Å². The molecule has 4 aliphatic carbocycles. The number of aromatic amines is 1. The van der Waals surface area contributed by atoms with Crippen molar-refractivity contribution in [3.05, 3.63) is 35.4 Å². The normalized spacial score (nSPS) is 30.4. The minimum atomic E-state index is -1.29. The summed E-state index contributed by atoms with van der Waals surface area (Å²) in [7, 11) is 1.64. The van der Waals surface area contributed by atoms with E-state index in [2.05, 4.69) is 25.8 Å². The summed E-state index contributed by atoms with van der Waals surface area (Å²) in [5.41, 5.74) is 3.30. The Hall–Kier alpha value is -3.21. The number of anilines is 2. The molecule has 0 saturated heterocycles. The van der Waals surface area contributed by atoms with Crippen LogP contribution in [-0.2, 0) is 16.1 Å². The van der Waals surface area contributed by atoms with Gasteiger partial charge in [-0.3, -0.25) is 9.50 Å². The van der Waals surface area contributed by atoms with Gasteiger partial charge >= 0.3 is 6.09 Å². The highest BCUT2D eigenvalue weighted by molar-refractivity contribution is 5.68. The van der Waals surface area contributed by atoms with Gasteiger partial charge in [0.2, 0.25) is 5.95 Å². The largest absolute Gasteiger partial charge is 0.443 e. The van der Waals surface area contributed by atoms with Crippen LogP contribution in [0.25, 0.3) is 5.65 Å². The van der Waals surface area contributed by atoms with Gasteiger partial charge in [-0.15, -0.1) is 0 Å². The number of carbonyl (C=O) groups excluding carboxylic acids is 1. The van der Waals surface area contributed by atoms with E-state index in [1.165, 1.54) is 12.8 Å². The number of aromatic nitrogens is 5. The first-order chi connectivity index (χ1) is 18.1. The summed E-state index contributed by atoms with van der Waals surface area (Å²) in [5.74, 6) is 2.57. The van der Waals surface area contributed by atoms with Gasteiger partial charge in [-0.2, -0.15) is 5.10 Å². The Morgan fingerprint density at radius 1 is 1.19 bits per heavy atom. The predicted molar refractivity (Wildman–Crippen MR) is 132 cm³/mol. The molecule has 7 rings (SSSR count). The van der Waals surface area contributed by atoms with E-state index in [-0.39, 0.29) is 6.04 Å². The summed E-state index contributed by atoms with van der Waals surface area (Å²) >= 11 is 0. The highest BCUT2D eigenvalue weighted by Gasteiger charge is 2.48. The molecule has 1 amide bonds. The number of hydrogen-bond acceptors (Lipinski definition) is 7. The lowest BCUT2D eigenvalue weighted by atomic mass is 9.56. The number of fused-ring (bicyclic) bond motifs is 2. The number of halogens is 1. The predicted octanol–water partition coefficient (Wildman–Crippen LogP) is 4.33. The molecule has 3 aromatic heterocycles. The summed E-state index contributed by atoms with van der Waals surface area (Å²) in [6.45, 7) is 0.412. The highest BCUT2D eigenvalue weighted by Crippen LogP contribution is 2.50. The molecule has 0 bridgehead atoms. The van der Waals surface area contributed by atoms with Crippen LogP contribution in [0, 0.1) is 11.8 Å². The van der Waals surface area contributed by atoms with Crippen LogP contribution in [0.3, 0.4) is 0 Å². The smallest absolute Gasteiger partial charge is 0.407 e. The van der Waals surface area contributed by atoms with Gasteiger partial charge in [-0.25, -0.2) is 19.2 Å². The molecule has 3 aromatic rings. The molecule has 0 radical (unpaired) electrons. The molecule has 0 aromatic carbocycles. The van der Waals surface area contributed by atoms with E-state index in [0.29, 0.717) is 48.7 Å². The molecule has 6 atom stereocenters. The minimum Gasteiger partial charge on any atom is -0.443 e. The summed E-state index contributed by atoms with van der Waals surface area (Å²) < 4.78 is 28.0. The molecule has 37 heavy (non-hydrogen) atoms. The first kappa shape index (κ1) is 22.9. The van der Waals surface area contributed by atoms with Crippen LogP contribution >= 0.6 is 0 Å². The van der Waals surface area contributed by atoms with E-state index in [0.717, 1.165) is 42.2 Å². The SMILES string of the molecule is COCc1cn2c(Nc3cc([C@@H]4CC[C@H](OC(=O)NC5CC6CCC65)[C@H]4F)[nH]n3)nc(C3CC3)cc2n1. The van der Waals surface area contributed by atoms with E-state index < -0.39 is 24.3 Å². The number of alkyl halides is 1. The molecule has 4 saturated carbocycles. The molecule has 3 heterocycles. The Kier molecular flexibility index (Phi) is 5.56. The van der Waals surface area contributed by atoms with Gasteiger partial charge in [0.25, 0.3) is 0 Å². The molecule has 4 aliphatic rings. The number of H-pyrrole nitrogens is 1. The lowest BCUT2D eigenvalue weighted by molar-refractivity contribution is -0.00418. The maximum atomic E-state index is 15.3. The third-order valence-corrected chi connectivity index (χ3v) is 8.66. The van der Waals surface area contributed by atoms with Gasteiger partial charge in [0.05, 0.1) is 18.0 Å². The van der Waals surface area contributed by atoms with Gasteiger partial charge in [0.15, 0.2) is 5.82 Å². The molecule has 0 aliphatic heterocycles. The number of nitrogens with zero attached hydrogens (tertiary/aromatic N) is 4. The fourth-order valence-electron chi connectivity index (χ4n) is 6.24. The number of rotatable bonds is 8. The third kappa shape index (κ3) is 4.22. The van der Waals surface area contributed by atoms with Crippen LogP contribution < -0.4 is 10.6 Å². The Morgan fingerprint density at radius 2 is 2.08 bits per heavy atom. The maximum absolute atomic E-state index is 15.3. The summed E-state index contributed by atoms with van der Waals surface area (Å²) in [6.07, 6.45) is 6.15. The topological polar surface area (TPSA) is 118 Å². The first-order valence-corrected chi connectivity index (χ1v) is 13.4. The van der Waals surface area contributed by atoms with Gasteiger partial charge in [0, 0.05) is 49.0 Å². The monoisotopic (exact) mass is 509 g/mol. The number of ether oxygens (including phenoxy) is 2. The first-order valence-electron chi connectivity index (χ1n) is 13.4. The molecule has 11 heteroatoms. The van der Waals surface area contributed by atoms with Gasteiger partial charge in [-0.05, 0) is 56.8 Å². The van der Waals surface area contributed by atoms with Crippen LogP contribution in [0.1, 0.15) is 73.9 Å². The second-order valence-corrected chi connectivity index (χ2v) is 11.1. The van der Waals surface area contributed by atoms with Crippen molar-refractivity contribution in [2.75, 3.05) is 12.4 Å². The summed E-state index contributed by atoms with van der Waals surface area (Å²) in [6, 6.07) is 4.03. The molecule has 3 unspecified atom stereocenters. The van der Waals surface area contributed by atoms with Crippen molar-refractivity contribution in [3.63, 3.8) is 0 Å². The number of nitrogens with one attached hydrogen (secondary N) is 3. The van der Waals surface area contributed by atoms with E-state index >= 15 is 4.39 Å². The summed E-state index contributed by atoms with van der Waals surface area (Å²) in [4.78, 5) is 21.8. The third-order valence-electron chi connectivity index (χ3n) is 8.66. The van der Waals surface area contributed by atoms with Gasteiger partial charge < -0.3 is 20.1 Å². The number of methoxy groups -OCH3 is 1. The Morgan fingerprint density at radius 3 is 2.81 bits per heavy atom. The lowest BCUT2D eigenvalue weighted by Crippen LogP contribution is -2.57. The zero-order valence-electron chi connectivity index (χ0n) is 20.8. The van der Waals surface area contributed by atoms with Crippen molar-refractivity contribution >= 4 is 23.5 Å². The van der Waals surface area contributed by atoms with E-state index in [1.54, 1.807) is 7.11 Å². The van der Waals surface area contributed by atoms with Crippen LogP contribution in [0.15, 0.2) is 18.3 Å². The van der Waals surface area contributed by atoms with Gasteiger partial charge in [-0.1, -0.05) is 0 Å². The van der Waals surface area contributed by atoms with Crippen molar-refractivity contribution in [2.24, 2.45) is 11.8 Å². The maximum Gasteiger partial charge on any atom is 0.407 e. The number of carbonyl (C=O) groups is 1. The quantitative estimate of drug-likeness (QED) is 0.414. The Labute approximate surface area is 213 Å². The molecular formula is C26H32FN7O3. The Balaban J connectivity index is 1.03. The number of imidazole rings is 1. The Bertz CT molecular complexity index is 1320. The van der Waals surface area contributed by atoms with Crippen molar-refractivity contribution in [3.8, 4) is 0 Å². The zero-order chi connectivity index (χ0) is 25.1. The molecule has 4 fully saturated rings. The average Bonchev–Trinajstić information content (AvgIpc) is 3.32. The summed E-state index contributed by atoms with van der Waals surface area (Å²) in [5, 5.41) is 13.6. The second-order valence-electron chi connectivity index (χ2n) is 11.1. The molecule has 0 spiro atoms. The molecule has 196 valence electrons. The van der Waals surface area contributed by atoms with Crippen LogP contribution in [0.2, 0.25) is 0 Å². The standard InChI is InChI=1S/C26H32FN7O3/c1-36-12-15-11-34-23(28-15)10-18(13-2-3-13)29-25(34)31-22-9-20(32-33-22)17-6-7-21(24(17)27)37-26(35)30-19-8-14-4-5-16(14)19/h9-11,13-14,16-17,19,21,24H,2-8,12H2,1H3,(H,30,35)(H2,29,31,32,33)/t14?,16?,17-,19?,21-,24-/m0/s1. The van der Waals surface area contributed by atoms with Gasteiger partial charge in [0.1, 0.15) is 17.9 Å². The van der Waals surface area contributed by atoms with Crippen LogP contribution in [0.5, 0.6) is 0 Å². The second kappa shape index (κ2) is 8.97. The van der Waals surface area contributed by atoms with Crippen LogP contribution in [-0.4, -0.2) is 56.1 Å². The number of alkyl carbamates (subject to hydrolysis) is 1. The zero-order valence-corrected chi connectivity index (χ0v) is 20.8. The average molecular weight is 510 g/mol.